The topological polar surface area (TPSA) is 69.0 Å². The molecule has 0 saturated heterocycles. The lowest BCUT2D eigenvalue weighted by Gasteiger charge is -2.24. The second-order valence-electron chi connectivity index (χ2n) is 6.05. The van der Waals surface area contributed by atoms with Crippen LogP contribution < -0.4 is 11.1 Å². The number of hydrogen-bond donors (Lipinski definition) is 2. The molecule has 6 nitrogen and oxygen atoms in total. The zero-order chi connectivity index (χ0) is 19.1. The van der Waals surface area contributed by atoms with Crippen LogP contribution in [0, 0.1) is 0 Å². The molecule has 0 fully saturated rings. The van der Waals surface area contributed by atoms with Crippen molar-refractivity contribution in [3.05, 3.63) is 42.0 Å². The summed E-state index contributed by atoms with van der Waals surface area (Å²) in [5, 5.41) is 3.48. The summed E-state index contributed by atoms with van der Waals surface area (Å²) < 4.78 is 16.3. The summed E-state index contributed by atoms with van der Waals surface area (Å²) in [4.78, 5) is 2.35. The normalized spacial score (nSPS) is 11.9. The largest absolute Gasteiger partial charge is 0.500 e. The third-order valence-corrected chi connectivity index (χ3v) is 7.13. The molecule has 0 aliphatic heterocycles. The van der Waals surface area contributed by atoms with E-state index in [0.29, 0.717) is 6.54 Å². The molecule has 1 aromatic rings. The smallest absolute Gasteiger partial charge is 0.377 e. The molecular weight excluding hydrogens is 382 g/mol. The fraction of sp³-hybridized carbons (Fsp3) is 0.579. The van der Waals surface area contributed by atoms with Crippen molar-refractivity contribution in [1.29, 1.82) is 0 Å². The number of nitrogens with one attached hydrogen (secondary N) is 1. The maximum absolute atomic E-state index is 5.73. The van der Waals surface area contributed by atoms with Gasteiger partial charge < -0.3 is 24.3 Å². The summed E-state index contributed by atoms with van der Waals surface area (Å²) in [5.41, 5.74) is 6.96. The predicted octanol–water partition coefficient (Wildman–Crippen LogP) is 2.24. The number of hydrogen-bond acceptors (Lipinski definition) is 6. The molecule has 0 saturated carbocycles. The van der Waals surface area contributed by atoms with E-state index in [-0.39, 0.29) is 12.4 Å². The van der Waals surface area contributed by atoms with Crippen molar-refractivity contribution in [3.8, 4) is 0 Å². The maximum Gasteiger partial charge on any atom is 0.500 e. The van der Waals surface area contributed by atoms with E-state index in [4.69, 9.17) is 19.0 Å². The van der Waals surface area contributed by atoms with Gasteiger partial charge in [0.05, 0.1) is 0 Å². The number of benzene rings is 1. The van der Waals surface area contributed by atoms with Gasteiger partial charge in [0.25, 0.3) is 0 Å². The van der Waals surface area contributed by atoms with Crippen LogP contribution in [0.25, 0.3) is 6.08 Å². The van der Waals surface area contributed by atoms with Crippen LogP contribution in [0.4, 0.5) is 0 Å². The lowest BCUT2D eigenvalue weighted by atomic mass is 10.2. The minimum atomic E-state index is -2.44. The first-order valence-corrected chi connectivity index (χ1v) is 11.1. The van der Waals surface area contributed by atoms with Gasteiger partial charge in [0.15, 0.2) is 0 Å². The van der Waals surface area contributed by atoms with Gasteiger partial charge in [-0.3, -0.25) is 4.90 Å². The summed E-state index contributed by atoms with van der Waals surface area (Å²) in [6.45, 7) is 5.29. The van der Waals surface area contributed by atoms with E-state index in [1.54, 1.807) is 21.3 Å². The lowest BCUT2D eigenvalue weighted by Crippen LogP contribution is -2.43. The van der Waals surface area contributed by atoms with Crippen molar-refractivity contribution < 1.29 is 13.3 Å². The number of halogens is 1. The van der Waals surface area contributed by atoms with Crippen molar-refractivity contribution in [2.75, 3.05) is 60.6 Å². The quantitative estimate of drug-likeness (QED) is 0.337. The molecule has 3 N–H and O–H groups in total. The zero-order valence-electron chi connectivity index (χ0n) is 16.9. The Morgan fingerprint density at radius 1 is 1.04 bits per heavy atom. The number of nitrogens with zero attached hydrogens (tertiary/aromatic N) is 1. The number of nitrogens with two attached hydrogens (primary N) is 1. The van der Waals surface area contributed by atoms with Crippen LogP contribution >= 0.6 is 12.4 Å². The van der Waals surface area contributed by atoms with Crippen LogP contribution in [0.15, 0.2) is 36.4 Å². The van der Waals surface area contributed by atoms with Gasteiger partial charge in [0.2, 0.25) is 0 Å². The maximum atomic E-state index is 5.73. The van der Waals surface area contributed by atoms with Crippen LogP contribution in [0.3, 0.4) is 0 Å². The molecule has 156 valence electrons. The fourth-order valence-corrected chi connectivity index (χ4v) is 4.45. The highest BCUT2D eigenvalue weighted by molar-refractivity contribution is 6.60. The van der Waals surface area contributed by atoms with E-state index in [9.17, 15) is 0 Å². The van der Waals surface area contributed by atoms with Crippen LogP contribution in [0.5, 0.6) is 0 Å². The molecule has 0 spiro atoms. The highest BCUT2D eigenvalue weighted by atomic mass is 35.5. The first-order chi connectivity index (χ1) is 12.7. The Bertz CT molecular complexity index is 482. The molecule has 0 unspecified atom stereocenters. The average molecular weight is 418 g/mol. The van der Waals surface area contributed by atoms with Crippen molar-refractivity contribution >= 4 is 27.3 Å². The van der Waals surface area contributed by atoms with Gasteiger partial charge in [-0.25, -0.2) is 0 Å². The van der Waals surface area contributed by atoms with Gasteiger partial charge in [-0.15, -0.1) is 12.4 Å². The van der Waals surface area contributed by atoms with Crippen LogP contribution in [0.2, 0.25) is 6.04 Å². The third kappa shape index (κ3) is 11.0. The second-order valence-corrected chi connectivity index (χ2v) is 9.14. The fourth-order valence-electron chi connectivity index (χ4n) is 2.73. The highest BCUT2D eigenvalue weighted by Gasteiger charge is 2.36. The molecule has 0 aliphatic carbocycles. The summed E-state index contributed by atoms with van der Waals surface area (Å²) in [5.74, 6) is 0. The van der Waals surface area contributed by atoms with Crippen molar-refractivity contribution in [3.63, 3.8) is 0 Å². The minimum Gasteiger partial charge on any atom is -0.377 e. The first-order valence-electron chi connectivity index (χ1n) is 9.20. The summed E-state index contributed by atoms with van der Waals surface area (Å²) >= 11 is 0. The Balaban J connectivity index is 0.00000676. The van der Waals surface area contributed by atoms with Crippen LogP contribution in [0.1, 0.15) is 12.0 Å². The summed E-state index contributed by atoms with van der Waals surface area (Å²) in [6, 6.07) is 11.2. The standard InChI is InChI=1S/C19H35N3O3Si.ClH/c1-23-26(24-2,25-3)18-8-13-21-14-17-22(16-12-20)15-7-11-19-9-5-4-6-10-19;/h4-7,9-11,21H,8,12-18,20H2,1-3H3;1H. The molecule has 0 aromatic heterocycles. The average Bonchev–Trinajstić information content (AvgIpc) is 2.69. The van der Waals surface area contributed by atoms with Crippen molar-refractivity contribution in [1.82, 2.24) is 10.2 Å². The van der Waals surface area contributed by atoms with E-state index >= 15 is 0 Å². The molecule has 0 bridgehead atoms. The van der Waals surface area contributed by atoms with Crippen molar-refractivity contribution in [2.45, 2.75) is 12.5 Å². The molecule has 1 aromatic carbocycles. The third-order valence-electron chi connectivity index (χ3n) is 4.29. The van der Waals surface area contributed by atoms with Gasteiger partial charge in [-0.05, 0) is 18.5 Å². The Hall–Kier alpha value is -0.773. The Morgan fingerprint density at radius 3 is 2.30 bits per heavy atom. The molecule has 8 heteroatoms. The molecule has 0 aliphatic rings. The second kappa shape index (κ2) is 16.2. The molecule has 0 atom stereocenters. The lowest BCUT2D eigenvalue weighted by molar-refractivity contribution is 0.123. The Labute approximate surface area is 171 Å². The van der Waals surface area contributed by atoms with Gasteiger partial charge in [0.1, 0.15) is 0 Å². The van der Waals surface area contributed by atoms with E-state index in [0.717, 1.165) is 45.2 Å². The predicted molar refractivity (Wildman–Crippen MR) is 117 cm³/mol. The summed E-state index contributed by atoms with van der Waals surface area (Å²) in [7, 11) is 2.52. The molecule has 0 radical (unpaired) electrons. The Morgan fingerprint density at radius 2 is 1.70 bits per heavy atom. The zero-order valence-corrected chi connectivity index (χ0v) is 18.7. The van der Waals surface area contributed by atoms with E-state index < -0.39 is 8.80 Å². The molecule has 1 rings (SSSR count). The number of rotatable bonds is 15. The molecular formula is C19H36ClN3O3Si. The molecule has 0 amide bonds. The van der Waals surface area contributed by atoms with Gasteiger partial charge in [-0.1, -0.05) is 42.5 Å². The van der Waals surface area contributed by atoms with Gasteiger partial charge in [-0.2, -0.15) is 0 Å². The van der Waals surface area contributed by atoms with E-state index in [1.165, 1.54) is 5.56 Å². The van der Waals surface area contributed by atoms with Gasteiger partial charge in [0, 0.05) is 60.1 Å². The van der Waals surface area contributed by atoms with Gasteiger partial charge >= 0.3 is 8.80 Å². The summed E-state index contributed by atoms with van der Waals surface area (Å²) in [6.07, 6.45) is 5.31. The van der Waals surface area contributed by atoms with Crippen LogP contribution in [-0.4, -0.2) is 74.3 Å². The van der Waals surface area contributed by atoms with E-state index in [2.05, 4.69) is 46.6 Å². The molecule has 0 heterocycles. The van der Waals surface area contributed by atoms with E-state index in [1.807, 2.05) is 6.07 Å². The SMILES string of the molecule is CO[Si](CCCNCCN(CC=Cc1ccccc1)CCN)(OC)OC.Cl. The first kappa shape index (κ1) is 26.2. The monoisotopic (exact) mass is 417 g/mol. The minimum absolute atomic E-state index is 0. The molecule has 27 heavy (non-hydrogen) atoms. The van der Waals surface area contributed by atoms with Crippen molar-refractivity contribution in [2.24, 2.45) is 5.73 Å². The Kier molecular flexibility index (Phi) is 15.7. The highest BCUT2D eigenvalue weighted by Crippen LogP contribution is 2.14. The van der Waals surface area contributed by atoms with Crippen LogP contribution in [-0.2, 0) is 13.3 Å².